The van der Waals surface area contributed by atoms with E-state index in [4.69, 9.17) is 16.3 Å². The molecule has 1 aliphatic rings. The van der Waals surface area contributed by atoms with Gasteiger partial charge in [-0.3, -0.25) is 0 Å². The minimum absolute atomic E-state index is 0.0446. The normalized spacial score (nSPS) is 17.6. The van der Waals surface area contributed by atoms with E-state index in [1.807, 2.05) is 0 Å². The van der Waals surface area contributed by atoms with Crippen LogP contribution in [0.2, 0.25) is 5.02 Å². The molecule has 0 aromatic heterocycles. The topological polar surface area (TPSA) is 49.7 Å². The van der Waals surface area contributed by atoms with Gasteiger partial charge in [0.25, 0.3) is 0 Å². The van der Waals surface area contributed by atoms with Gasteiger partial charge in [-0.25, -0.2) is 0 Å². The lowest BCUT2D eigenvalue weighted by Gasteiger charge is -2.14. The lowest BCUT2D eigenvalue weighted by molar-refractivity contribution is 0.146. The van der Waals surface area contributed by atoms with Gasteiger partial charge in [-0.15, -0.1) is 0 Å². The third kappa shape index (κ3) is 1.54. The highest BCUT2D eigenvalue weighted by Crippen LogP contribution is 2.51. The first-order valence-electron chi connectivity index (χ1n) is 4.47. The highest BCUT2D eigenvalue weighted by atomic mass is 35.5. The highest BCUT2D eigenvalue weighted by molar-refractivity contribution is 6.32. The third-order valence-electron chi connectivity index (χ3n) is 2.58. The molecular formula is C10H10ClFO3. The van der Waals surface area contributed by atoms with E-state index in [1.54, 1.807) is 0 Å². The van der Waals surface area contributed by atoms with Crippen molar-refractivity contribution in [2.24, 2.45) is 0 Å². The van der Waals surface area contributed by atoms with Crippen molar-refractivity contribution in [2.75, 3.05) is 7.11 Å². The summed E-state index contributed by atoms with van der Waals surface area (Å²) >= 11 is 5.75. The molecule has 2 rings (SSSR count). The number of phenolic OH excluding ortho intramolecular Hbond substituents is 1. The molecule has 0 amide bonds. The number of methoxy groups -OCH3 is 1. The van der Waals surface area contributed by atoms with Crippen LogP contribution in [-0.2, 0) is 5.60 Å². The summed E-state index contributed by atoms with van der Waals surface area (Å²) in [5, 5.41) is 19.3. The number of halogens is 2. The number of aromatic hydroxyl groups is 1. The van der Waals surface area contributed by atoms with E-state index < -0.39 is 17.2 Å². The summed E-state index contributed by atoms with van der Waals surface area (Å²) in [5.74, 6) is -1.72. The largest absolute Gasteiger partial charge is 0.504 e. The second-order valence-electron chi connectivity index (χ2n) is 3.63. The number of aliphatic hydroxyl groups is 1. The summed E-state index contributed by atoms with van der Waals surface area (Å²) < 4.78 is 18.2. The zero-order valence-corrected chi connectivity index (χ0v) is 8.81. The van der Waals surface area contributed by atoms with Crippen LogP contribution < -0.4 is 4.74 Å². The van der Waals surface area contributed by atoms with Gasteiger partial charge in [-0.2, -0.15) is 4.39 Å². The molecule has 1 aliphatic carbocycles. The first-order chi connectivity index (χ1) is 6.99. The van der Waals surface area contributed by atoms with Crippen molar-refractivity contribution in [1.29, 1.82) is 0 Å². The predicted octanol–water partition coefficient (Wildman–Crippen LogP) is 2.17. The number of phenols is 1. The molecule has 1 aromatic carbocycles. The lowest BCUT2D eigenvalue weighted by Crippen LogP contribution is -2.06. The molecule has 1 saturated carbocycles. The zero-order chi connectivity index (χ0) is 11.2. The Morgan fingerprint density at radius 1 is 1.53 bits per heavy atom. The third-order valence-corrected chi connectivity index (χ3v) is 2.86. The molecule has 1 fully saturated rings. The molecule has 0 bridgehead atoms. The molecule has 1 aromatic rings. The van der Waals surface area contributed by atoms with Gasteiger partial charge in [0, 0.05) is 5.56 Å². The van der Waals surface area contributed by atoms with Crippen molar-refractivity contribution < 1.29 is 19.3 Å². The van der Waals surface area contributed by atoms with Crippen LogP contribution in [0.3, 0.4) is 0 Å². The average Bonchev–Trinajstić information content (AvgIpc) is 2.92. The minimum Gasteiger partial charge on any atom is -0.504 e. The van der Waals surface area contributed by atoms with Crippen molar-refractivity contribution in [3.63, 3.8) is 0 Å². The predicted molar refractivity (Wildman–Crippen MR) is 52.8 cm³/mol. The Morgan fingerprint density at radius 2 is 2.13 bits per heavy atom. The van der Waals surface area contributed by atoms with Gasteiger partial charge in [0.2, 0.25) is 5.82 Å². The van der Waals surface area contributed by atoms with Crippen LogP contribution >= 0.6 is 11.6 Å². The summed E-state index contributed by atoms with van der Waals surface area (Å²) in [5.41, 5.74) is -0.994. The highest BCUT2D eigenvalue weighted by Gasteiger charge is 2.45. The van der Waals surface area contributed by atoms with Gasteiger partial charge in [-0.05, 0) is 18.9 Å². The number of rotatable bonds is 2. The van der Waals surface area contributed by atoms with E-state index in [9.17, 15) is 14.6 Å². The van der Waals surface area contributed by atoms with Crippen LogP contribution in [0.25, 0.3) is 0 Å². The van der Waals surface area contributed by atoms with E-state index in [1.165, 1.54) is 13.2 Å². The molecular weight excluding hydrogens is 223 g/mol. The summed E-state index contributed by atoms with van der Waals surface area (Å²) in [4.78, 5) is 0. The molecule has 2 N–H and O–H groups in total. The molecule has 0 unspecified atom stereocenters. The Kier molecular flexibility index (Phi) is 2.28. The molecule has 0 aliphatic heterocycles. The van der Waals surface area contributed by atoms with Crippen molar-refractivity contribution in [3.05, 3.63) is 22.5 Å². The van der Waals surface area contributed by atoms with E-state index in [0.29, 0.717) is 12.8 Å². The van der Waals surface area contributed by atoms with Gasteiger partial charge < -0.3 is 14.9 Å². The van der Waals surface area contributed by atoms with Gasteiger partial charge in [0.1, 0.15) is 0 Å². The molecule has 15 heavy (non-hydrogen) atoms. The monoisotopic (exact) mass is 232 g/mol. The van der Waals surface area contributed by atoms with Crippen molar-refractivity contribution in [2.45, 2.75) is 18.4 Å². The summed E-state index contributed by atoms with van der Waals surface area (Å²) in [6.07, 6.45) is 1.01. The Morgan fingerprint density at radius 3 is 2.60 bits per heavy atom. The van der Waals surface area contributed by atoms with Crippen molar-refractivity contribution in [3.8, 4) is 11.5 Å². The molecule has 0 atom stereocenters. The fraction of sp³-hybridized carbons (Fsp3) is 0.400. The van der Waals surface area contributed by atoms with Crippen LogP contribution in [0, 0.1) is 5.82 Å². The summed E-state index contributed by atoms with van der Waals surface area (Å²) in [6.45, 7) is 0. The van der Waals surface area contributed by atoms with E-state index in [2.05, 4.69) is 0 Å². The zero-order valence-electron chi connectivity index (χ0n) is 8.05. The Hall–Kier alpha value is -1.00. The van der Waals surface area contributed by atoms with Crippen molar-refractivity contribution >= 4 is 11.6 Å². The SMILES string of the molecule is COc1c(Cl)cc(C2(O)CC2)c(O)c1F. The fourth-order valence-electron chi connectivity index (χ4n) is 1.52. The van der Waals surface area contributed by atoms with Crippen LogP contribution in [0.15, 0.2) is 6.07 Å². The smallest absolute Gasteiger partial charge is 0.208 e. The van der Waals surface area contributed by atoms with Gasteiger partial charge in [-0.1, -0.05) is 11.6 Å². The second-order valence-corrected chi connectivity index (χ2v) is 4.04. The number of benzene rings is 1. The van der Waals surface area contributed by atoms with Gasteiger partial charge in [0.15, 0.2) is 11.5 Å². The van der Waals surface area contributed by atoms with Crippen LogP contribution in [0.5, 0.6) is 11.5 Å². The second kappa shape index (κ2) is 3.25. The average molecular weight is 233 g/mol. The van der Waals surface area contributed by atoms with E-state index >= 15 is 0 Å². The quantitative estimate of drug-likeness (QED) is 0.822. The maximum Gasteiger partial charge on any atom is 0.208 e. The van der Waals surface area contributed by atoms with Crippen molar-refractivity contribution in [1.82, 2.24) is 0 Å². The van der Waals surface area contributed by atoms with Crippen LogP contribution in [0.1, 0.15) is 18.4 Å². The molecule has 0 saturated heterocycles. The van der Waals surface area contributed by atoms with Gasteiger partial charge >= 0.3 is 0 Å². The first kappa shape index (κ1) is 10.5. The Balaban J connectivity index is 2.59. The standard InChI is InChI=1S/C10H10ClFO3/c1-15-9-6(11)4-5(8(13)7(9)12)10(14)2-3-10/h4,13-14H,2-3H2,1H3. The fourth-order valence-corrected chi connectivity index (χ4v) is 1.79. The summed E-state index contributed by atoms with van der Waals surface area (Å²) in [7, 11) is 1.26. The maximum absolute atomic E-state index is 13.5. The Labute approximate surface area is 91.1 Å². The first-order valence-corrected chi connectivity index (χ1v) is 4.85. The molecule has 0 radical (unpaired) electrons. The maximum atomic E-state index is 13.5. The molecule has 0 spiro atoms. The van der Waals surface area contributed by atoms with E-state index in [-0.39, 0.29) is 16.3 Å². The minimum atomic E-state index is -1.12. The Bertz CT molecular complexity index is 416. The van der Waals surface area contributed by atoms with E-state index in [0.717, 1.165) is 0 Å². The number of hydrogen-bond acceptors (Lipinski definition) is 3. The molecule has 82 valence electrons. The number of ether oxygens (including phenoxy) is 1. The summed E-state index contributed by atoms with van der Waals surface area (Å²) in [6, 6.07) is 1.34. The number of hydrogen-bond donors (Lipinski definition) is 2. The molecule has 3 nitrogen and oxygen atoms in total. The molecule has 5 heteroatoms. The van der Waals surface area contributed by atoms with Crippen LogP contribution in [0.4, 0.5) is 4.39 Å². The van der Waals surface area contributed by atoms with Crippen LogP contribution in [-0.4, -0.2) is 17.3 Å². The molecule has 0 heterocycles. The lowest BCUT2D eigenvalue weighted by atomic mass is 10.1. The van der Waals surface area contributed by atoms with Gasteiger partial charge in [0.05, 0.1) is 17.7 Å².